The molecule has 1 rings (SSSR count). The van der Waals surface area contributed by atoms with Crippen LogP contribution < -0.4 is 4.74 Å². The van der Waals surface area contributed by atoms with Crippen molar-refractivity contribution in [2.45, 2.75) is 17.5 Å². The molecular formula is C11H17IO2Si. The molecule has 0 fully saturated rings. The molecule has 0 radical (unpaired) electrons. The van der Waals surface area contributed by atoms with E-state index in [1.165, 1.54) is 5.56 Å². The number of benzene rings is 1. The number of halogens is 1. The third kappa shape index (κ3) is 5.53. The number of ether oxygens (including phenoxy) is 1. The highest BCUT2D eigenvalue weighted by atomic mass is 127. The lowest BCUT2D eigenvalue weighted by Gasteiger charge is -2.08. The maximum Gasteiger partial charge on any atom is 0.171 e. The fourth-order valence-corrected chi connectivity index (χ4v) is 2.19. The minimum atomic E-state index is -0.890. The molecule has 1 aromatic rings. The Bertz CT molecular complexity index is 274. The lowest BCUT2D eigenvalue weighted by Crippen LogP contribution is -2.14. The van der Waals surface area contributed by atoms with E-state index >= 15 is 0 Å². The molecule has 0 unspecified atom stereocenters. The van der Waals surface area contributed by atoms with E-state index in [4.69, 9.17) is 9.16 Å². The molecule has 0 heterocycles. The molecule has 0 N–H and O–H groups in total. The smallest absolute Gasteiger partial charge is 0.171 e. The van der Waals surface area contributed by atoms with Crippen molar-refractivity contribution in [3.05, 3.63) is 29.8 Å². The standard InChI is InChI=1S/C11H17IO2Si/c1-15(2)14-8-7-13-11-5-3-10(9-12)4-6-11/h3-6,15H,7-9H2,1-2H3. The van der Waals surface area contributed by atoms with Gasteiger partial charge in [0.1, 0.15) is 12.4 Å². The number of hydrogen-bond donors (Lipinski definition) is 0. The van der Waals surface area contributed by atoms with Gasteiger partial charge in [0.05, 0.1) is 6.61 Å². The Kier molecular flexibility index (Phi) is 6.27. The monoisotopic (exact) mass is 336 g/mol. The zero-order chi connectivity index (χ0) is 11.1. The van der Waals surface area contributed by atoms with E-state index in [2.05, 4.69) is 47.8 Å². The Morgan fingerprint density at radius 3 is 2.33 bits per heavy atom. The molecule has 0 amide bonds. The molecule has 0 spiro atoms. The fourth-order valence-electron chi connectivity index (χ4n) is 1.12. The van der Waals surface area contributed by atoms with Gasteiger partial charge in [-0.15, -0.1) is 0 Å². The van der Waals surface area contributed by atoms with Crippen LogP contribution in [0.2, 0.25) is 13.1 Å². The first-order valence-electron chi connectivity index (χ1n) is 5.11. The SMILES string of the molecule is C[SiH](C)OCCOc1ccc(CI)cc1. The molecule has 0 saturated carbocycles. The summed E-state index contributed by atoms with van der Waals surface area (Å²) in [6, 6.07) is 8.22. The van der Waals surface area contributed by atoms with Gasteiger partial charge in [0.2, 0.25) is 0 Å². The van der Waals surface area contributed by atoms with E-state index in [0.29, 0.717) is 13.2 Å². The highest BCUT2D eigenvalue weighted by molar-refractivity contribution is 14.1. The maximum atomic E-state index is 5.55. The molecule has 0 atom stereocenters. The summed E-state index contributed by atoms with van der Waals surface area (Å²) in [5, 5.41) is 0. The van der Waals surface area contributed by atoms with E-state index < -0.39 is 9.04 Å². The molecule has 0 saturated heterocycles. The van der Waals surface area contributed by atoms with Crippen molar-refractivity contribution in [1.82, 2.24) is 0 Å². The maximum absolute atomic E-state index is 5.55. The predicted molar refractivity (Wildman–Crippen MR) is 74.5 cm³/mol. The molecule has 84 valence electrons. The Hall–Kier alpha value is -0.0731. The molecular weight excluding hydrogens is 319 g/mol. The van der Waals surface area contributed by atoms with Gasteiger partial charge >= 0.3 is 0 Å². The Balaban J connectivity index is 2.25. The van der Waals surface area contributed by atoms with Crippen LogP contribution in [0.3, 0.4) is 0 Å². The summed E-state index contributed by atoms with van der Waals surface area (Å²) in [6.45, 7) is 5.68. The van der Waals surface area contributed by atoms with Crippen molar-refractivity contribution >= 4 is 31.6 Å². The van der Waals surface area contributed by atoms with Gasteiger partial charge in [0, 0.05) is 4.43 Å². The van der Waals surface area contributed by atoms with Crippen molar-refractivity contribution in [1.29, 1.82) is 0 Å². The highest BCUT2D eigenvalue weighted by Crippen LogP contribution is 2.13. The summed E-state index contributed by atoms with van der Waals surface area (Å²) in [6.07, 6.45) is 0. The van der Waals surface area contributed by atoms with Crippen LogP contribution >= 0.6 is 22.6 Å². The van der Waals surface area contributed by atoms with Crippen LogP contribution in [0.5, 0.6) is 5.75 Å². The first-order chi connectivity index (χ1) is 7.22. The Morgan fingerprint density at radius 1 is 1.13 bits per heavy atom. The van der Waals surface area contributed by atoms with Crippen LogP contribution in [0.15, 0.2) is 24.3 Å². The summed E-state index contributed by atoms with van der Waals surface area (Å²) in [5.41, 5.74) is 1.33. The number of hydrogen-bond acceptors (Lipinski definition) is 2. The second-order valence-corrected chi connectivity index (χ2v) is 6.74. The van der Waals surface area contributed by atoms with Crippen LogP contribution in [0, 0.1) is 0 Å². The molecule has 0 aliphatic carbocycles. The third-order valence-electron chi connectivity index (χ3n) is 1.88. The van der Waals surface area contributed by atoms with Crippen molar-refractivity contribution in [3.8, 4) is 5.75 Å². The van der Waals surface area contributed by atoms with Gasteiger partial charge in [-0.1, -0.05) is 34.7 Å². The molecule has 0 aromatic heterocycles. The Labute approximate surface area is 107 Å². The summed E-state index contributed by atoms with van der Waals surface area (Å²) in [5.74, 6) is 0.928. The van der Waals surface area contributed by atoms with E-state index in [1.807, 2.05) is 12.1 Å². The van der Waals surface area contributed by atoms with Crippen LogP contribution in [-0.2, 0) is 8.85 Å². The minimum Gasteiger partial charge on any atom is -0.491 e. The summed E-state index contributed by atoms with van der Waals surface area (Å²) < 4.78 is 12.1. The lowest BCUT2D eigenvalue weighted by atomic mass is 10.2. The summed E-state index contributed by atoms with van der Waals surface area (Å²) >= 11 is 2.35. The summed E-state index contributed by atoms with van der Waals surface area (Å²) in [7, 11) is -0.890. The van der Waals surface area contributed by atoms with Crippen molar-refractivity contribution in [2.24, 2.45) is 0 Å². The average molecular weight is 336 g/mol. The van der Waals surface area contributed by atoms with E-state index in [0.717, 1.165) is 10.2 Å². The van der Waals surface area contributed by atoms with Crippen molar-refractivity contribution in [2.75, 3.05) is 13.2 Å². The lowest BCUT2D eigenvalue weighted by molar-refractivity contribution is 0.219. The minimum absolute atomic E-state index is 0.648. The highest BCUT2D eigenvalue weighted by Gasteiger charge is 1.97. The summed E-state index contributed by atoms with van der Waals surface area (Å²) in [4.78, 5) is 0. The number of alkyl halides is 1. The van der Waals surface area contributed by atoms with Crippen LogP contribution in [0.25, 0.3) is 0 Å². The van der Waals surface area contributed by atoms with E-state index in [1.54, 1.807) is 0 Å². The van der Waals surface area contributed by atoms with Crippen LogP contribution in [0.4, 0.5) is 0 Å². The normalized spacial score (nSPS) is 10.7. The van der Waals surface area contributed by atoms with Crippen molar-refractivity contribution in [3.63, 3.8) is 0 Å². The molecule has 1 aromatic carbocycles. The van der Waals surface area contributed by atoms with Crippen LogP contribution in [-0.4, -0.2) is 22.3 Å². The Morgan fingerprint density at radius 2 is 1.80 bits per heavy atom. The topological polar surface area (TPSA) is 18.5 Å². The van der Waals surface area contributed by atoms with Gasteiger partial charge < -0.3 is 9.16 Å². The van der Waals surface area contributed by atoms with E-state index in [9.17, 15) is 0 Å². The predicted octanol–water partition coefficient (Wildman–Crippen LogP) is 3.00. The van der Waals surface area contributed by atoms with Gasteiger partial charge in [-0.05, 0) is 30.8 Å². The van der Waals surface area contributed by atoms with Gasteiger partial charge in [0.15, 0.2) is 9.04 Å². The largest absolute Gasteiger partial charge is 0.491 e. The zero-order valence-electron chi connectivity index (χ0n) is 9.20. The van der Waals surface area contributed by atoms with Gasteiger partial charge in [-0.25, -0.2) is 0 Å². The third-order valence-corrected chi connectivity index (χ3v) is 3.66. The average Bonchev–Trinajstić information content (AvgIpc) is 2.25. The molecule has 2 nitrogen and oxygen atoms in total. The van der Waals surface area contributed by atoms with Gasteiger partial charge in [-0.2, -0.15) is 0 Å². The van der Waals surface area contributed by atoms with Gasteiger partial charge in [-0.3, -0.25) is 0 Å². The molecule has 0 bridgehead atoms. The molecule has 4 heteroatoms. The van der Waals surface area contributed by atoms with Gasteiger partial charge in [0.25, 0.3) is 0 Å². The quantitative estimate of drug-likeness (QED) is 0.344. The van der Waals surface area contributed by atoms with E-state index in [-0.39, 0.29) is 0 Å². The van der Waals surface area contributed by atoms with Crippen LogP contribution in [0.1, 0.15) is 5.56 Å². The number of rotatable bonds is 6. The fraction of sp³-hybridized carbons (Fsp3) is 0.455. The second kappa shape index (κ2) is 7.24. The first kappa shape index (κ1) is 13.0. The van der Waals surface area contributed by atoms with Crippen molar-refractivity contribution < 1.29 is 9.16 Å². The first-order valence-corrected chi connectivity index (χ1v) is 9.42. The zero-order valence-corrected chi connectivity index (χ0v) is 12.5. The molecule has 0 aliphatic heterocycles. The second-order valence-electron chi connectivity index (χ2n) is 3.55. The molecule has 15 heavy (non-hydrogen) atoms. The molecule has 0 aliphatic rings.